The highest BCUT2D eigenvalue weighted by molar-refractivity contribution is 5.81. The molecule has 0 aliphatic carbocycles. The monoisotopic (exact) mass is 261 g/mol. The molecule has 4 nitrogen and oxygen atoms in total. The first-order valence-electron chi connectivity index (χ1n) is 6.97. The molecule has 0 saturated carbocycles. The van der Waals surface area contributed by atoms with E-state index in [-0.39, 0.29) is 11.9 Å². The normalized spacial score (nSPS) is 18.9. The van der Waals surface area contributed by atoms with Crippen LogP contribution in [-0.4, -0.2) is 47.9 Å². The highest BCUT2D eigenvalue weighted by atomic mass is 16.2. The summed E-state index contributed by atoms with van der Waals surface area (Å²) in [6.45, 7) is 6.29. The molecule has 1 aromatic rings. The Morgan fingerprint density at radius 3 is 2.63 bits per heavy atom. The number of amides is 1. The molecule has 1 saturated heterocycles. The predicted molar refractivity (Wildman–Crippen MR) is 76.6 cm³/mol. The van der Waals surface area contributed by atoms with Crippen molar-refractivity contribution in [2.24, 2.45) is 5.73 Å². The molecule has 1 heterocycles. The molecule has 1 amide bonds. The van der Waals surface area contributed by atoms with Gasteiger partial charge in [0.2, 0.25) is 5.91 Å². The van der Waals surface area contributed by atoms with E-state index in [0.29, 0.717) is 0 Å². The molecule has 2 N–H and O–H groups in total. The van der Waals surface area contributed by atoms with Crippen molar-refractivity contribution in [2.75, 3.05) is 26.2 Å². The second kappa shape index (κ2) is 6.68. The summed E-state index contributed by atoms with van der Waals surface area (Å²) in [5.41, 5.74) is 7.00. The molecule has 1 aliphatic heterocycles. The van der Waals surface area contributed by atoms with Crippen molar-refractivity contribution in [3.63, 3.8) is 0 Å². The zero-order valence-corrected chi connectivity index (χ0v) is 11.6. The quantitative estimate of drug-likeness (QED) is 0.885. The van der Waals surface area contributed by atoms with Crippen LogP contribution in [0.3, 0.4) is 0 Å². The van der Waals surface area contributed by atoms with Gasteiger partial charge in [0, 0.05) is 32.7 Å². The van der Waals surface area contributed by atoms with Gasteiger partial charge < -0.3 is 10.6 Å². The summed E-state index contributed by atoms with van der Waals surface area (Å²) in [4.78, 5) is 16.2. The molecular weight excluding hydrogens is 238 g/mol. The van der Waals surface area contributed by atoms with E-state index in [1.54, 1.807) is 6.92 Å². The lowest BCUT2D eigenvalue weighted by atomic mass is 10.2. The smallest absolute Gasteiger partial charge is 0.239 e. The lowest BCUT2D eigenvalue weighted by Crippen LogP contribution is -2.43. The Labute approximate surface area is 115 Å². The summed E-state index contributed by atoms with van der Waals surface area (Å²) in [6.07, 6.45) is 1.02. The lowest BCUT2D eigenvalue weighted by Gasteiger charge is -2.23. The molecule has 1 atom stereocenters. The molecule has 0 aromatic heterocycles. The highest BCUT2D eigenvalue weighted by Crippen LogP contribution is 2.09. The van der Waals surface area contributed by atoms with Gasteiger partial charge in [-0.15, -0.1) is 0 Å². The van der Waals surface area contributed by atoms with Gasteiger partial charge in [-0.1, -0.05) is 30.3 Å². The molecule has 19 heavy (non-hydrogen) atoms. The van der Waals surface area contributed by atoms with Crippen LogP contribution in [0.25, 0.3) is 0 Å². The van der Waals surface area contributed by atoms with Crippen LogP contribution in [0.4, 0.5) is 0 Å². The van der Waals surface area contributed by atoms with Crippen molar-refractivity contribution in [1.29, 1.82) is 0 Å². The number of carbonyl (C=O) groups excluding carboxylic acids is 1. The number of carbonyl (C=O) groups is 1. The number of benzene rings is 1. The van der Waals surface area contributed by atoms with Crippen LogP contribution in [-0.2, 0) is 11.3 Å². The van der Waals surface area contributed by atoms with E-state index in [1.807, 2.05) is 11.0 Å². The second-order valence-corrected chi connectivity index (χ2v) is 5.23. The van der Waals surface area contributed by atoms with Crippen molar-refractivity contribution in [3.8, 4) is 0 Å². The van der Waals surface area contributed by atoms with Gasteiger partial charge in [0.05, 0.1) is 6.04 Å². The maximum Gasteiger partial charge on any atom is 0.239 e. The maximum absolute atomic E-state index is 11.9. The Balaban J connectivity index is 1.88. The lowest BCUT2D eigenvalue weighted by molar-refractivity contribution is -0.132. The van der Waals surface area contributed by atoms with Crippen LogP contribution in [0.2, 0.25) is 0 Å². The van der Waals surface area contributed by atoms with E-state index in [9.17, 15) is 4.79 Å². The molecule has 2 rings (SSSR count). The average Bonchev–Trinajstić information content (AvgIpc) is 2.64. The van der Waals surface area contributed by atoms with Gasteiger partial charge >= 0.3 is 0 Å². The molecule has 1 aromatic carbocycles. The third kappa shape index (κ3) is 4.04. The van der Waals surface area contributed by atoms with Gasteiger partial charge in [-0.2, -0.15) is 0 Å². The molecule has 104 valence electrons. The van der Waals surface area contributed by atoms with Gasteiger partial charge in [0.25, 0.3) is 0 Å². The standard InChI is InChI=1S/C15H23N3O/c1-13(16)15(19)18-9-5-8-17(10-11-18)12-14-6-3-2-4-7-14/h2-4,6-7,13H,5,8-12,16H2,1H3. The highest BCUT2D eigenvalue weighted by Gasteiger charge is 2.21. The van der Waals surface area contributed by atoms with E-state index < -0.39 is 0 Å². The minimum absolute atomic E-state index is 0.0709. The SMILES string of the molecule is CC(N)C(=O)N1CCCN(Cc2ccccc2)CC1. The van der Waals surface area contributed by atoms with Crippen molar-refractivity contribution in [1.82, 2.24) is 9.80 Å². The summed E-state index contributed by atoms with van der Waals surface area (Å²) in [7, 11) is 0. The van der Waals surface area contributed by atoms with Crippen molar-refractivity contribution < 1.29 is 4.79 Å². The summed E-state index contributed by atoms with van der Waals surface area (Å²) in [5.74, 6) is 0.0709. The fraction of sp³-hybridized carbons (Fsp3) is 0.533. The van der Waals surface area contributed by atoms with Crippen LogP contribution in [0, 0.1) is 0 Å². The topological polar surface area (TPSA) is 49.6 Å². The second-order valence-electron chi connectivity index (χ2n) is 5.23. The molecule has 0 radical (unpaired) electrons. The predicted octanol–water partition coefficient (Wildman–Crippen LogP) is 1.07. The number of nitrogens with two attached hydrogens (primary N) is 1. The van der Waals surface area contributed by atoms with Gasteiger partial charge in [-0.25, -0.2) is 0 Å². The Hall–Kier alpha value is -1.39. The van der Waals surface area contributed by atoms with Gasteiger partial charge in [-0.05, 0) is 18.9 Å². The first-order valence-corrected chi connectivity index (χ1v) is 6.97. The minimum Gasteiger partial charge on any atom is -0.340 e. The fourth-order valence-corrected chi connectivity index (χ4v) is 2.48. The Morgan fingerprint density at radius 1 is 1.21 bits per heavy atom. The Kier molecular flexibility index (Phi) is 4.93. The van der Waals surface area contributed by atoms with Crippen LogP contribution < -0.4 is 5.73 Å². The maximum atomic E-state index is 11.9. The average molecular weight is 261 g/mol. The van der Waals surface area contributed by atoms with Gasteiger partial charge in [-0.3, -0.25) is 9.69 Å². The third-order valence-electron chi connectivity index (χ3n) is 3.54. The zero-order chi connectivity index (χ0) is 13.7. The van der Waals surface area contributed by atoms with E-state index in [0.717, 1.165) is 39.1 Å². The molecule has 0 bridgehead atoms. The summed E-state index contributed by atoms with van der Waals surface area (Å²) >= 11 is 0. The first-order chi connectivity index (χ1) is 9.16. The fourth-order valence-electron chi connectivity index (χ4n) is 2.48. The van der Waals surface area contributed by atoms with E-state index in [1.165, 1.54) is 5.56 Å². The zero-order valence-electron chi connectivity index (χ0n) is 11.6. The van der Waals surface area contributed by atoms with Crippen molar-refractivity contribution in [3.05, 3.63) is 35.9 Å². The van der Waals surface area contributed by atoms with Crippen LogP contribution in [0.1, 0.15) is 18.9 Å². The number of hydrogen-bond acceptors (Lipinski definition) is 3. The van der Waals surface area contributed by atoms with Crippen molar-refractivity contribution >= 4 is 5.91 Å². The van der Waals surface area contributed by atoms with E-state index in [2.05, 4.69) is 29.2 Å². The molecule has 1 aliphatic rings. The number of rotatable bonds is 3. The van der Waals surface area contributed by atoms with E-state index >= 15 is 0 Å². The van der Waals surface area contributed by atoms with Gasteiger partial charge in [0.15, 0.2) is 0 Å². The van der Waals surface area contributed by atoms with E-state index in [4.69, 9.17) is 5.73 Å². The Morgan fingerprint density at radius 2 is 1.95 bits per heavy atom. The van der Waals surface area contributed by atoms with Gasteiger partial charge in [0.1, 0.15) is 0 Å². The molecule has 1 unspecified atom stereocenters. The first kappa shape index (κ1) is 14.0. The molecule has 0 spiro atoms. The van der Waals surface area contributed by atoms with Crippen LogP contribution in [0.5, 0.6) is 0 Å². The third-order valence-corrected chi connectivity index (χ3v) is 3.54. The Bertz CT molecular complexity index is 405. The number of hydrogen-bond donors (Lipinski definition) is 1. The van der Waals surface area contributed by atoms with Crippen LogP contribution >= 0.6 is 0 Å². The summed E-state index contributed by atoms with van der Waals surface area (Å²) < 4.78 is 0. The summed E-state index contributed by atoms with van der Waals surface area (Å²) in [5, 5.41) is 0. The number of nitrogens with zero attached hydrogens (tertiary/aromatic N) is 2. The molecular formula is C15H23N3O. The largest absolute Gasteiger partial charge is 0.340 e. The molecule has 4 heteroatoms. The molecule has 1 fully saturated rings. The minimum atomic E-state index is -0.388. The van der Waals surface area contributed by atoms with Crippen LogP contribution in [0.15, 0.2) is 30.3 Å². The van der Waals surface area contributed by atoms with Crippen molar-refractivity contribution in [2.45, 2.75) is 25.9 Å². The summed E-state index contributed by atoms with van der Waals surface area (Å²) in [6, 6.07) is 10.1.